The van der Waals surface area contributed by atoms with Crippen LogP contribution >= 0.6 is 15.9 Å². The lowest BCUT2D eigenvalue weighted by atomic mass is 9.81. The van der Waals surface area contributed by atoms with E-state index in [1.807, 2.05) is 0 Å². The number of unbranched alkanes of at least 4 members (excludes halogenated alkanes) is 2. The molecular weight excluding hydrogens is 508 g/mol. The van der Waals surface area contributed by atoms with Gasteiger partial charge in [-0.15, -0.1) is 0 Å². The van der Waals surface area contributed by atoms with Crippen LogP contribution in [0.3, 0.4) is 0 Å². The van der Waals surface area contributed by atoms with Gasteiger partial charge >= 0.3 is 0 Å². The molecule has 36 heavy (non-hydrogen) atoms. The molecule has 0 saturated heterocycles. The van der Waals surface area contributed by atoms with E-state index in [9.17, 15) is 0 Å². The maximum Gasteiger partial charge on any atom is 0.131 e. The van der Waals surface area contributed by atoms with E-state index in [0.29, 0.717) is 19.1 Å². The lowest BCUT2D eigenvalue weighted by Gasteiger charge is -2.28. The Bertz CT molecular complexity index is 1060. The fourth-order valence-corrected chi connectivity index (χ4v) is 5.57. The lowest BCUT2D eigenvalue weighted by molar-refractivity contribution is 0.287. The molecule has 0 N–H and O–H groups in total. The third-order valence-electron chi connectivity index (χ3n) is 7.05. The van der Waals surface area contributed by atoms with Crippen molar-refractivity contribution in [3.8, 4) is 11.5 Å². The van der Waals surface area contributed by atoms with Crippen LogP contribution in [-0.2, 0) is 19.6 Å². The maximum atomic E-state index is 6.61. The van der Waals surface area contributed by atoms with E-state index in [1.165, 1.54) is 53.5 Å². The minimum absolute atomic E-state index is 0.552. The summed E-state index contributed by atoms with van der Waals surface area (Å²) < 4.78 is 13.2. The largest absolute Gasteiger partial charge is 0.488 e. The second kappa shape index (κ2) is 13.7. The van der Waals surface area contributed by atoms with Crippen molar-refractivity contribution in [1.82, 2.24) is 0 Å². The second-order valence-electron chi connectivity index (χ2n) is 10.0. The first kappa shape index (κ1) is 26.5. The van der Waals surface area contributed by atoms with Gasteiger partial charge in [0.15, 0.2) is 0 Å². The SMILES string of the molecule is CCCCCc1cc(OCc2ccccc2)c(C2=C(CBr)CCC(C)C2)c(OCc2ccccc2)c1. The molecule has 0 bridgehead atoms. The van der Waals surface area contributed by atoms with E-state index in [1.54, 1.807) is 0 Å². The van der Waals surface area contributed by atoms with Gasteiger partial charge in [0.1, 0.15) is 24.7 Å². The van der Waals surface area contributed by atoms with Gasteiger partial charge in [-0.2, -0.15) is 0 Å². The highest BCUT2D eigenvalue weighted by molar-refractivity contribution is 9.09. The molecule has 3 heteroatoms. The van der Waals surface area contributed by atoms with Gasteiger partial charge < -0.3 is 9.47 Å². The van der Waals surface area contributed by atoms with Crippen molar-refractivity contribution in [1.29, 1.82) is 0 Å². The van der Waals surface area contributed by atoms with Crippen LogP contribution in [0.4, 0.5) is 0 Å². The Kier molecular flexibility index (Phi) is 10.1. The third-order valence-corrected chi connectivity index (χ3v) is 7.73. The summed E-state index contributed by atoms with van der Waals surface area (Å²) in [4.78, 5) is 0. The molecule has 1 unspecified atom stereocenters. The van der Waals surface area contributed by atoms with Crippen LogP contribution in [0.2, 0.25) is 0 Å². The standard InChI is InChI=1S/C33H39BrO2/c1-3-4-7-16-28-20-31(35-23-26-12-8-5-9-13-26)33(30-19-25(2)17-18-29(30)22-34)32(21-28)36-24-27-14-10-6-11-15-27/h5-6,8-15,20-21,25H,3-4,7,16-19,22-24H2,1-2H3. The van der Waals surface area contributed by atoms with Crippen LogP contribution in [0.1, 0.15) is 74.6 Å². The summed E-state index contributed by atoms with van der Waals surface area (Å²) in [7, 11) is 0. The second-order valence-corrected chi connectivity index (χ2v) is 10.6. The number of benzene rings is 3. The van der Waals surface area contributed by atoms with Crippen LogP contribution in [-0.4, -0.2) is 5.33 Å². The average Bonchev–Trinajstić information content (AvgIpc) is 2.92. The van der Waals surface area contributed by atoms with Crippen LogP contribution in [0.5, 0.6) is 11.5 Å². The zero-order valence-corrected chi connectivity index (χ0v) is 23.4. The molecule has 0 spiro atoms. The molecular formula is C33H39BrO2. The summed E-state index contributed by atoms with van der Waals surface area (Å²) in [6.45, 7) is 5.72. The normalized spacial score (nSPS) is 15.7. The molecule has 0 aliphatic heterocycles. The topological polar surface area (TPSA) is 18.5 Å². The average molecular weight is 548 g/mol. The van der Waals surface area contributed by atoms with E-state index < -0.39 is 0 Å². The van der Waals surface area contributed by atoms with Gasteiger partial charge in [-0.05, 0) is 72.4 Å². The van der Waals surface area contributed by atoms with Crippen molar-refractivity contribution in [2.75, 3.05) is 5.33 Å². The zero-order valence-electron chi connectivity index (χ0n) is 21.8. The summed E-state index contributed by atoms with van der Waals surface area (Å²) in [5, 5.41) is 0.892. The van der Waals surface area contributed by atoms with Crippen LogP contribution in [0.25, 0.3) is 5.57 Å². The highest BCUT2D eigenvalue weighted by Gasteiger charge is 2.25. The molecule has 1 aliphatic rings. The number of alkyl halides is 1. The van der Waals surface area contributed by atoms with Crippen molar-refractivity contribution in [3.63, 3.8) is 0 Å². The van der Waals surface area contributed by atoms with Crippen molar-refractivity contribution in [2.45, 2.75) is 72.0 Å². The van der Waals surface area contributed by atoms with E-state index >= 15 is 0 Å². The fourth-order valence-electron chi connectivity index (χ4n) is 4.96. The highest BCUT2D eigenvalue weighted by Crippen LogP contribution is 2.45. The fraction of sp³-hybridized carbons (Fsp3) is 0.394. The molecule has 0 amide bonds. The maximum absolute atomic E-state index is 6.61. The van der Waals surface area contributed by atoms with Crippen molar-refractivity contribution >= 4 is 21.5 Å². The molecule has 2 nitrogen and oxygen atoms in total. The molecule has 1 aliphatic carbocycles. The van der Waals surface area contributed by atoms with Gasteiger partial charge in [-0.25, -0.2) is 0 Å². The van der Waals surface area contributed by atoms with Gasteiger partial charge in [-0.1, -0.05) is 109 Å². The molecule has 0 saturated carbocycles. The predicted molar refractivity (Wildman–Crippen MR) is 155 cm³/mol. The van der Waals surface area contributed by atoms with Crippen LogP contribution < -0.4 is 9.47 Å². The smallest absolute Gasteiger partial charge is 0.131 e. The number of aryl methyl sites for hydroxylation is 1. The van der Waals surface area contributed by atoms with Gasteiger partial charge in [0.25, 0.3) is 0 Å². The van der Waals surface area contributed by atoms with Crippen molar-refractivity contribution in [3.05, 3.63) is 101 Å². The predicted octanol–water partition coefficient (Wildman–Crippen LogP) is 9.55. The molecule has 3 aromatic carbocycles. The monoisotopic (exact) mass is 546 g/mol. The Morgan fingerprint density at radius 2 is 1.39 bits per heavy atom. The van der Waals surface area contributed by atoms with Crippen molar-refractivity contribution < 1.29 is 9.47 Å². The summed E-state index contributed by atoms with van der Waals surface area (Å²) in [6.07, 6.45) is 8.08. The summed E-state index contributed by atoms with van der Waals surface area (Å²) in [5.74, 6) is 2.56. The molecule has 4 rings (SSSR count). The molecule has 0 radical (unpaired) electrons. The Morgan fingerprint density at radius 1 is 0.806 bits per heavy atom. The molecule has 1 atom stereocenters. The van der Waals surface area contributed by atoms with Gasteiger partial charge in [0, 0.05) is 5.33 Å². The molecule has 0 aromatic heterocycles. The minimum Gasteiger partial charge on any atom is -0.488 e. The van der Waals surface area contributed by atoms with E-state index in [4.69, 9.17) is 9.47 Å². The van der Waals surface area contributed by atoms with E-state index in [2.05, 4.69) is 103 Å². The first-order chi connectivity index (χ1) is 17.7. The Hall–Kier alpha value is -2.52. The Morgan fingerprint density at radius 3 is 1.92 bits per heavy atom. The number of halogens is 1. The minimum atomic E-state index is 0.552. The van der Waals surface area contributed by atoms with Crippen LogP contribution in [0.15, 0.2) is 78.4 Å². The molecule has 0 fully saturated rings. The van der Waals surface area contributed by atoms with E-state index in [-0.39, 0.29) is 0 Å². The molecule has 0 heterocycles. The summed E-state index contributed by atoms with van der Waals surface area (Å²) in [6, 6.07) is 25.5. The van der Waals surface area contributed by atoms with Gasteiger partial charge in [-0.3, -0.25) is 0 Å². The number of hydrogen-bond donors (Lipinski definition) is 0. The number of hydrogen-bond acceptors (Lipinski definition) is 2. The molecule has 190 valence electrons. The van der Waals surface area contributed by atoms with Crippen LogP contribution in [0, 0.1) is 5.92 Å². The summed E-state index contributed by atoms with van der Waals surface area (Å²) >= 11 is 3.79. The first-order valence-corrected chi connectivity index (χ1v) is 14.6. The number of rotatable bonds is 12. The number of allylic oxidation sites excluding steroid dienone is 2. The van der Waals surface area contributed by atoms with Gasteiger partial charge in [0.05, 0.1) is 5.56 Å². The lowest BCUT2D eigenvalue weighted by Crippen LogP contribution is -2.11. The molecule has 3 aromatic rings. The first-order valence-electron chi connectivity index (χ1n) is 13.5. The van der Waals surface area contributed by atoms with E-state index in [0.717, 1.165) is 41.7 Å². The Labute approximate surface area is 225 Å². The quantitative estimate of drug-likeness (QED) is 0.166. The van der Waals surface area contributed by atoms with Gasteiger partial charge in [0.2, 0.25) is 0 Å². The number of ether oxygens (including phenoxy) is 2. The third kappa shape index (κ3) is 7.26. The van der Waals surface area contributed by atoms with Crippen molar-refractivity contribution in [2.24, 2.45) is 5.92 Å². The zero-order chi connectivity index (χ0) is 25.2. The highest BCUT2D eigenvalue weighted by atomic mass is 79.9. The summed E-state index contributed by atoms with van der Waals surface area (Å²) in [5.41, 5.74) is 7.68. The Balaban J connectivity index is 1.76.